The van der Waals surface area contributed by atoms with Gasteiger partial charge in [-0.3, -0.25) is 4.79 Å². The summed E-state index contributed by atoms with van der Waals surface area (Å²) < 4.78 is 5.79. The third kappa shape index (κ3) is 4.07. The minimum absolute atomic E-state index is 0.0817. The fourth-order valence-corrected chi connectivity index (χ4v) is 2.45. The molecule has 0 bridgehead atoms. The highest BCUT2D eigenvalue weighted by Crippen LogP contribution is 2.25. The van der Waals surface area contributed by atoms with E-state index < -0.39 is 0 Å². The number of nitrogens with zero attached hydrogens (tertiary/aromatic N) is 1. The summed E-state index contributed by atoms with van der Waals surface area (Å²) >= 11 is 0. The molecule has 1 aliphatic heterocycles. The van der Waals surface area contributed by atoms with E-state index >= 15 is 0 Å². The van der Waals surface area contributed by atoms with Gasteiger partial charge in [0.15, 0.2) is 0 Å². The van der Waals surface area contributed by atoms with Gasteiger partial charge in [-0.25, -0.2) is 0 Å². The van der Waals surface area contributed by atoms with Crippen LogP contribution < -0.4 is 0 Å². The summed E-state index contributed by atoms with van der Waals surface area (Å²) in [7, 11) is 0. The van der Waals surface area contributed by atoms with E-state index in [1.165, 1.54) is 5.56 Å². The predicted octanol–water partition coefficient (Wildman–Crippen LogP) is 2.89. The summed E-state index contributed by atoms with van der Waals surface area (Å²) in [5.74, 6) is 0.242. The van der Waals surface area contributed by atoms with Crippen molar-refractivity contribution in [1.82, 2.24) is 4.90 Å². The van der Waals surface area contributed by atoms with Crippen LogP contribution in [0.25, 0.3) is 0 Å². The van der Waals surface area contributed by atoms with Crippen molar-refractivity contribution in [3.63, 3.8) is 0 Å². The van der Waals surface area contributed by atoms with E-state index in [9.17, 15) is 4.79 Å². The van der Waals surface area contributed by atoms with Crippen LogP contribution in [0.3, 0.4) is 0 Å². The van der Waals surface area contributed by atoms with Crippen molar-refractivity contribution in [2.75, 3.05) is 19.7 Å². The number of rotatable bonds is 3. The van der Waals surface area contributed by atoms with Crippen LogP contribution in [-0.4, -0.2) is 36.6 Å². The Morgan fingerprint density at radius 2 is 2.00 bits per heavy atom. The molecule has 1 amide bonds. The van der Waals surface area contributed by atoms with Gasteiger partial charge in [0.1, 0.15) is 0 Å². The lowest BCUT2D eigenvalue weighted by Gasteiger charge is -2.39. The fraction of sp³-hybridized carbons (Fsp3) is 0.588. The van der Waals surface area contributed by atoms with E-state index in [1.54, 1.807) is 0 Å². The van der Waals surface area contributed by atoms with E-state index in [0.29, 0.717) is 13.0 Å². The molecular weight excluding hydrogens is 250 g/mol. The molecule has 1 atom stereocenters. The van der Waals surface area contributed by atoms with Crippen LogP contribution in [0.2, 0.25) is 0 Å². The van der Waals surface area contributed by atoms with Crippen molar-refractivity contribution >= 4 is 5.91 Å². The number of benzene rings is 1. The molecule has 1 aromatic carbocycles. The number of amides is 1. The topological polar surface area (TPSA) is 29.5 Å². The van der Waals surface area contributed by atoms with Crippen LogP contribution in [0.1, 0.15) is 32.8 Å². The molecule has 1 fully saturated rings. The Bertz CT molecular complexity index is 436. The Kier molecular flexibility index (Phi) is 4.81. The average molecular weight is 275 g/mol. The van der Waals surface area contributed by atoms with Crippen LogP contribution in [-0.2, 0) is 16.0 Å². The molecular formula is C17H25NO2. The Morgan fingerprint density at radius 3 is 2.65 bits per heavy atom. The molecule has 0 aromatic heterocycles. The molecule has 1 saturated heterocycles. The fourth-order valence-electron chi connectivity index (χ4n) is 2.45. The third-order valence-corrected chi connectivity index (χ3v) is 3.86. The molecule has 0 radical (unpaired) electrons. The molecule has 0 aliphatic carbocycles. The Morgan fingerprint density at radius 1 is 1.30 bits per heavy atom. The SMILES string of the molecule is CC(C)(C)C1CN(C(=O)CCc2ccccc2)CCO1. The second-order valence-electron chi connectivity index (χ2n) is 6.55. The molecule has 1 unspecified atom stereocenters. The van der Waals surface area contributed by atoms with Gasteiger partial charge in [0.05, 0.1) is 12.7 Å². The molecule has 0 spiro atoms. The Balaban J connectivity index is 1.86. The van der Waals surface area contributed by atoms with E-state index in [-0.39, 0.29) is 17.4 Å². The van der Waals surface area contributed by atoms with Gasteiger partial charge < -0.3 is 9.64 Å². The summed E-state index contributed by atoms with van der Waals surface area (Å²) in [6, 6.07) is 10.2. The van der Waals surface area contributed by atoms with Gasteiger partial charge in [-0.15, -0.1) is 0 Å². The standard InChI is InChI=1S/C17H25NO2/c1-17(2,3)15-13-18(11-12-20-15)16(19)10-9-14-7-5-4-6-8-14/h4-8,15H,9-13H2,1-3H3. The van der Waals surface area contributed by atoms with Crippen molar-refractivity contribution in [3.05, 3.63) is 35.9 Å². The maximum Gasteiger partial charge on any atom is 0.223 e. The average Bonchev–Trinajstić information content (AvgIpc) is 2.45. The van der Waals surface area contributed by atoms with Gasteiger partial charge in [-0.2, -0.15) is 0 Å². The van der Waals surface area contributed by atoms with Crippen molar-refractivity contribution in [1.29, 1.82) is 0 Å². The van der Waals surface area contributed by atoms with Crippen LogP contribution in [0.4, 0.5) is 0 Å². The van der Waals surface area contributed by atoms with Gasteiger partial charge in [-0.1, -0.05) is 51.1 Å². The molecule has 3 heteroatoms. The third-order valence-electron chi connectivity index (χ3n) is 3.86. The smallest absolute Gasteiger partial charge is 0.223 e. The lowest BCUT2D eigenvalue weighted by molar-refractivity contribution is -0.143. The van der Waals surface area contributed by atoms with E-state index in [4.69, 9.17) is 4.74 Å². The van der Waals surface area contributed by atoms with Gasteiger partial charge in [0.2, 0.25) is 5.91 Å². The number of carbonyl (C=O) groups is 1. The molecule has 1 aromatic rings. The van der Waals surface area contributed by atoms with Crippen molar-refractivity contribution in [2.45, 2.75) is 39.7 Å². The maximum absolute atomic E-state index is 12.3. The second-order valence-corrected chi connectivity index (χ2v) is 6.55. The van der Waals surface area contributed by atoms with Crippen molar-refractivity contribution < 1.29 is 9.53 Å². The molecule has 2 rings (SSSR count). The summed E-state index contributed by atoms with van der Waals surface area (Å²) in [5.41, 5.74) is 1.31. The van der Waals surface area contributed by atoms with Crippen LogP contribution >= 0.6 is 0 Å². The lowest BCUT2D eigenvalue weighted by Crippen LogP contribution is -2.50. The van der Waals surface area contributed by atoms with Crippen LogP contribution in [0.15, 0.2) is 30.3 Å². The van der Waals surface area contributed by atoms with Crippen LogP contribution in [0.5, 0.6) is 0 Å². The normalized spacial score (nSPS) is 19.9. The zero-order valence-corrected chi connectivity index (χ0v) is 12.8. The number of carbonyl (C=O) groups excluding carboxylic acids is 1. The largest absolute Gasteiger partial charge is 0.374 e. The predicted molar refractivity (Wildman–Crippen MR) is 80.5 cm³/mol. The number of morpholine rings is 1. The molecule has 20 heavy (non-hydrogen) atoms. The highest BCUT2D eigenvalue weighted by molar-refractivity contribution is 5.76. The van der Waals surface area contributed by atoms with E-state index in [1.807, 2.05) is 23.1 Å². The molecule has 1 heterocycles. The van der Waals surface area contributed by atoms with Crippen molar-refractivity contribution in [3.8, 4) is 0 Å². The zero-order valence-electron chi connectivity index (χ0n) is 12.8. The van der Waals surface area contributed by atoms with Crippen molar-refractivity contribution in [2.24, 2.45) is 5.41 Å². The monoisotopic (exact) mass is 275 g/mol. The first-order valence-electron chi connectivity index (χ1n) is 7.40. The van der Waals surface area contributed by atoms with Gasteiger partial charge in [0.25, 0.3) is 0 Å². The molecule has 1 aliphatic rings. The minimum atomic E-state index is 0.0817. The second kappa shape index (κ2) is 6.40. The van der Waals surface area contributed by atoms with E-state index in [0.717, 1.165) is 19.5 Å². The van der Waals surface area contributed by atoms with Gasteiger partial charge in [0, 0.05) is 19.5 Å². The van der Waals surface area contributed by atoms with Gasteiger partial charge in [-0.05, 0) is 17.4 Å². The molecule has 0 N–H and O–H groups in total. The lowest BCUT2D eigenvalue weighted by atomic mass is 9.88. The first-order chi connectivity index (χ1) is 9.47. The number of aryl methyl sites for hydroxylation is 1. The highest BCUT2D eigenvalue weighted by Gasteiger charge is 2.32. The first-order valence-corrected chi connectivity index (χ1v) is 7.40. The minimum Gasteiger partial charge on any atom is -0.374 e. The summed E-state index contributed by atoms with van der Waals surface area (Å²) in [6.45, 7) is 8.58. The highest BCUT2D eigenvalue weighted by atomic mass is 16.5. The zero-order chi connectivity index (χ0) is 14.6. The Hall–Kier alpha value is -1.35. The van der Waals surface area contributed by atoms with E-state index in [2.05, 4.69) is 32.9 Å². The summed E-state index contributed by atoms with van der Waals surface area (Å²) in [4.78, 5) is 14.3. The Labute approximate surface area is 121 Å². The summed E-state index contributed by atoms with van der Waals surface area (Å²) in [5, 5.41) is 0. The first kappa shape index (κ1) is 15.0. The molecule has 110 valence electrons. The molecule has 3 nitrogen and oxygen atoms in total. The maximum atomic E-state index is 12.3. The number of ether oxygens (including phenoxy) is 1. The quantitative estimate of drug-likeness (QED) is 0.849. The summed E-state index contributed by atoms with van der Waals surface area (Å²) in [6.07, 6.45) is 1.54. The van der Waals surface area contributed by atoms with Gasteiger partial charge >= 0.3 is 0 Å². The number of hydrogen-bond acceptors (Lipinski definition) is 2. The number of hydrogen-bond donors (Lipinski definition) is 0. The molecule has 0 saturated carbocycles. The van der Waals surface area contributed by atoms with Crippen LogP contribution in [0, 0.1) is 5.41 Å².